The molecule has 0 aromatic carbocycles. The van der Waals surface area contributed by atoms with Crippen LogP contribution in [0.3, 0.4) is 0 Å². The number of allylic oxidation sites excluding steroid dienone is 4. The molecule has 6 heteroatoms. The second-order valence-electron chi connectivity index (χ2n) is 13.3. The van der Waals surface area contributed by atoms with Crippen molar-refractivity contribution in [3.05, 3.63) is 24.3 Å². The first kappa shape index (κ1) is 47.5. The predicted molar refractivity (Wildman–Crippen MR) is 200 cm³/mol. The number of rotatable bonds is 35. The monoisotopic (exact) mass is 667 g/mol. The van der Waals surface area contributed by atoms with Crippen molar-refractivity contribution in [2.45, 2.75) is 213 Å². The summed E-state index contributed by atoms with van der Waals surface area (Å²) in [4.78, 5) is 21.7. The average molecular weight is 667 g/mol. The lowest BCUT2D eigenvalue weighted by molar-refractivity contribution is -0.147. The van der Waals surface area contributed by atoms with Gasteiger partial charge < -0.3 is 20.1 Å². The number of hydrogen-bond acceptors (Lipinski definition) is 5. The van der Waals surface area contributed by atoms with E-state index in [4.69, 9.17) is 20.1 Å². The second-order valence-corrected chi connectivity index (χ2v) is 13.3. The largest absolute Gasteiger partial charge is 0.481 e. The number of esters is 1. The van der Waals surface area contributed by atoms with Gasteiger partial charge in [-0.25, -0.2) is 0 Å². The number of carboxylic acids is 1. The Hall–Kier alpha value is -1.66. The Morgan fingerprint density at radius 2 is 0.830 bits per heavy atom. The van der Waals surface area contributed by atoms with E-state index < -0.39 is 12.1 Å². The molecule has 47 heavy (non-hydrogen) atoms. The van der Waals surface area contributed by atoms with Gasteiger partial charge >= 0.3 is 11.9 Å². The summed E-state index contributed by atoms with van der Waals surface area (Å²) in [6.07, 6.45) is 44.3. The molecule has 0 amide bonds. The summed E-state index contributed by atoms with van der Waals surface area (Å²) in [5.41, 5.74) is 0. The molecule has 0 aliphatic rings. The fourth-order valence-electron chi connectivity index (χ4n) is 5.35. The summed E-state index contributed by atoms with van der Waals surface area (Å²) in [6.45, 7) is 4.02. The van der Waals surface area contributed by atoms with Crippen LogP contribution in [0.5, 0.6) is 0 Å². The van der Waals surface area contributed by atoms with Gasteiger partial charge in [0.2, 0.25) is 0 Å². The van der Waals surface area contributed by atoms with E-state index in [-0.39, 0.29) is 19.2 Å². The molecule has 0 aliphatic heterocycles. The lowest BCUT2D eigenvalue weighted by atomic mass is 10.1. The molecule has 0 heterocycles. The van der Waals surface area contributed by atoms with Gasteiger partial charge in [-0.3, -0.25) is 9.59 Å². The van der Waals surface area contributed by atoms with Gasteiger partial charge in [-0.05, 0) is 64.2 Å². The zero-order valence-corrected chi connectivity index (χ0v) is 31.1. The van der Waals surface area contributed by atoms with Gasteiger partial charge in [-0.15, -0.1) is 0 Å². The number of carbonyl (C=O) groups excluding carboxylic acids is 1. The standard InChI is InChI=1S/C22H42O2.C19H36O4/c1-2-3-4-5-6-7-8-9-10-11-12-13-14-15-16-17-18-19-20-21-22(23)24;1-2-3-4-5-6-7-8-9-10-11-12-13-14-15-19(22)23-17-18(21)16-20/h9-10H,2-8,11-21H2,1H3,(H,23,24);7-8,18,20-21H,2-6,9-17H2,1H3/b10-9-;8-7-. The molecule has 0 bridgehead atoms. The summed E-state index contributed by atoms with van der Waals surface area (Å²) in [5.74, 6) is -0.945. The number of aliphatic hydroxyl groups is 2. The molecule has 0 rings (SSSR count). The van der Waals surface area contributed by atoms with E-state index in [0.717, 1.165) is 38.5 Å². The number of carbonyl (C=O) groups is 2. The van der Waals surface area contributed by atoms with Crippen LogP contribution in [0.15, 0.2) is 24.3 Å². The number of aliphatic carboxylic acids is 1. The van der Waals surface area contributed by atoms with E-state index in [0.29, 0.717) is 12.8 Å². The third-order valence-electron chi connectivity index (χ3n) is 8.44. The van der Waals surface area contributed by atoms with Crippen LogP contribution in [0.1, 0.15) is 206 Å². The van der Waals surface area contributed by atoms with Crippen molar-refractivity contribution in [1.82, 2.24) is 0 Å². The van der Waals surface area contributed by atoms with Crippen LogP contribution in [-0.2, 0) is 14.3 Å². The number of unbranched alkanes of at least 4 members (excludes halogenated alkanes) is 24. The first-order chi connectivity index (χ1) is 23.0. The van der Waals surface area contributed by atoms with E-state index in [1.165, 1.54) is 141 Å². The minimum absolute atomic E-state index is 0.111. The van der Waals surface area contributed by atoms with E-state index in [1.54, 1.807) is 0 Å². The van der Waals surface area contributed by atoms with E-state index in [1.807, 2.05) is 0 Å². The van der Waals surface area contributed by atoms with Gasteiger partial charge in [0.25, 0.3) is 0 Å². The second kappa shape index (κ2) is 42.4. The predicted octanol–water partition coefficient (Wildman–Crippen LogP) is 11.8. The summed E-state index contributed by atoms with van der Waals surface area (Å²) < 4.78 is 4.84. The smallest absolute Gasteiger partial charge is 0.305 e. The van der Waals surface area contributed by atoms with Crippen LogP contribution in [0.4, 0.5) is 0 Å². The van der Waals surface area contributed by atoms with E-state index in [9.17, 15) is 9.59 Å². The summed E-state index contributed by atoms with van der Waals surface area (Å²) >= 11 is 0. The molecule has 0 radical (unpaired) electrons. The molecular formula is C41H78O6. The average Bonchev–Trinajstić information content (AvgIpc) is 3.07. The highest BCUT2D eigenvalue weighted by Gasteiger charge is 2.07. The normalized spacial score (nSPS) is 12.0. The highest BCUT2D eigenvalue weighted by Crippen LogP contribution is 2.13. The van der Waals surface area contributed by atoms with E-state index in [2.05, 4.69) is 38.2 Å². The van der Waals surface area contributed by atoms with Gasteiger partial charge in [0.15, 0.2) is 0 Å². The Morgan fingerprint density at radius 1 is 0.511 bits per heavy atom. The van der Waals surface area contributed by atoms with Crippen LogP contribution in [-0.4, -0.2) is 46.6 Å². The Labute approximate surface area is 291 Å². The molecule has 0 aromatic rings. The Balaban J connectivity index is 0. The summed E-state index contributed by atoms with van der Waals surface area (Å²) in [7, 11) is 0. The van der Waals surface area contributed by atoms with Gasteiger partial charge in [0, 0.05) is 12.8 Å². The molecule has 0 saturated heterocycles. The van der Waals surface area contributed by atoms with Gasteiger partial charge in [-0.1, -0.05) is 154 Å². The van der Waals surface area contributed by atoms with Crippen molar-refractivity contribution >= 4 is 11.9 Å². The molecule has 6 nitrogen and oxygen atoms in total. The topological polar surface area (TPSA) is 104 Å². The third-order valence-corrected chi connectivity index (χ3v) is 8.44. The summed E-state index contributed by atoms with van der Waals surface area (Å²) in [5, 5.41) is 26.2. The molecule has 0 fully saturated rings. The quantitative estimate of drug-likeness (QED) is 0.0353. The molecule has 0 aliphatic carbocycles. The lowest BCUT2D eigenvalue weighted by Crippen LogP contribution is -2.21. The van der Waals surface area contributed by atoms with Crippen molar-refractivity contribution in [1.29, 1.82) is 0 Å². The number of hydrogen-bond donors (Lipinski definition) is 3. The third kappa shape index (κ3) is 46.5. The molecule has 1 unspecified atom stereocenters. The van der Waals surface area contributed by atoms with Crippen molar-refractivity contribution in [2.75, 3.05) is 13.2 Å². The Kier molecular flexibility index (Phi) is 42.8. The van der Waals surface area contributed by atoms with Crippen molar-refractivity contribution in [3.63, 3.8) is 0 Å². The Morgan fingerprint density at radius 3 is 1.19 bits per heavy atom. The SMILES string of the molecule is CCCCCC/C=C\CCCCCCCC(=O)OCC(O)CO.CCCCCCCC/C=C\CCCCCCCCCCCC(=O)O. The minimum atomic E-state index is -0.960. The van der Waals surface area contributed by atoms with Gasteiger partial charge in [-0.2, -0.15) is 0 Å². The van der Waals surface area contributed by atoms with Crippen LogP contribution in [0.2, 0.25) is 0 Å². The molecule has 1 atom stereocenters. The van der Waals surface area contributed by atoms with Crippen LogP contribution >= 0.6 is 0 Å². The molecule has 0 aromatic heterocycles. The maximum atomic E-state index is 11.3. The molecular weight excluding hydrogens is 588 g/mol. The van der Waals surface area contributed by atoms with Gasteiger partial charge in [0.1, 0.15) is 12.7 Å². The lowest BCUT2D eigenvalue weighted by Gasteiger charge is -2.08. The van der Waals surface area contributed by atoms with E-state index >= 15 is 0 Å². The zero-order chi connectivity index (χ0) is 34.9. The molecule has 278 valence electrons. The first-order valence-electron chi connectivity index (χ1n) is 19.9. The first-order valence-corrected chi connectivity index (χ1v) is 19.9. The van der Waals surface area contributed by atoms with Gasteiger partial charge in [0.05, 0.1) is 6.61 Å². The maximum absolute atomic E-state index is 11.3. The Bertz CT molecular complexity index is 689. The highest BCUT2D eigenvalue weighted by atomic mass is 16.5. The zero-order valence-electron chi connectivity index (χ0n) is 31.1. The summed E-state index contributed by atoms with van der Waals surface area (Å²) in [6, 6.07) is 0. The maximum Gasteiger partial charge on any atom is 0.305 e. The fourth-order valence-corrected chi connectivity index (χ4v) is 5.35. The minimum Gasteiger partial charge on any atom is -0.481 e. The van der Waals surface area contributed by atoms with Crippen molar-refractivity contribution in [3.8, 4) is 0 Å². The molecule has 0 saturated carbocycles. The number of aliphatic hydroxyl groups excluding tert-OH is 2. The van der Waals surface area contributed by atoms with Crippen molar-refractivity contribution < 1.29 is 29.6 Å². The molecule has 0 spiro atoms. The molecule has 3 N–H and O–H groups in total. The fraction of sp³-hybridized carbons (Fsp3) is 0.854. The van der Waals surface area contributed by atoms with Crippen LogP contribution < -0.4 is 0 Å². The number of ether oxygens (including phenoxy) is 1. The number of carboxylic acid groups (broad SMARTS) is 1. The van der Waals surface area contributed by atoms with Crippen LogP contribution in [0.25, 0.3) is 0 Å². The van der Waals surface area contributed by atoms with Crippen LogP contribution in [0, 0.1) is 0 Å². The van der Waals surface area contributed by atoms with Crippen molar-refractivity contribution in [2.24, 2.45) is 0 Å². The highest BCUT2D eigenvalue weighted by molar-refractivity contribution is 5.69.